The van der Waals surface area contributed by atoms with Crippen molar-refractivity contribution in [2.45, 2.75) is 4.90 Å². The van der Waals surface area contributed by atoms with Crippen LogP contribution in [0.1, 0.15) is 15.9 Å². The van der Waals surface area contributed by atoms with Gasteiger partial charge in [0.15, 0.2) is 23.9 Å². The molecule has 0 atom stereocenters. The molecule has 25 heavy (non-hydrogen) atoms. The van der Waals surface area contributed by atoms with E-state index in [2.05, 4.69) is 0 Å². The summed E-state index contributed by atoms with van der Waals surface area (Å²) in [5.74, 6) is 0.869. The lowest BCUT2D eigenvalue weighted by Crippen LogP contribution is -2.12. The highest BCUT2D eigenvalue weighted by Gasteiger charge is 2.23. The Morgan fingerprint density at radius 2 is 2.12 bits per heavy atom. The highest BCUT2D eigenvalue weighted by atomic mass is 32.2. The molecule has 3 rings (SSSR count). The number of methoxy groups -OCH3 is 1. The molecule has 6 heteroatoms. The molecule has 0 aromatic heterocycles. The first kappa shape index (κ1) is 17.1. The van der Waals surface area contributed by atoms with Crippen LogP contribution in [0.5, 0.6) is 11.5 Å². The van der Waals surface area contributed by atoms with E-state index in [-0.39, 0.29) is 12.4 Å². The predicted molar refractivity (Wildman–Crippen MR) is 93.5 cm³/mol. The van der Waals surface area contributed by atoms with Crippen molar-refractivity contribution in [1.29, 1.82) is 5.26 Å². The van der Waals surface area contributed by atoms with Gasteiger partial charge in [0.25, 0.3) is 0 Å². The fourth-order valence-corrected chi connectivity index (χ4v) is 3.51. The van der Waals surface area contributed by atoms with Gasteiger partial charge in [-0.25, -0.2) is 4.39 Å². The molecule has 0 N–H and O–H groups in total. The van der Waals surface area contributed by atoms with Crippen molar-refractivity contribution in [3.63, 3.8) is 0 Å². The molecular weight excluding hydrogens is 341 g/mol. The van der Waals surface area contributed by atoms with Crippen LogP contribution in [0.4, 0.5) is 4.39 Å². The molecule has 1 aliphatic heterocycles. The summed E-state index contributed by atoms with van der Waals surface area (Å²) in [7, 11) is 1.51. The maximum atomic E-state index is 13.4. The van der Waals surface area contributed by atoms with E-state index in [0.717, 1.165) is 10.5 Å². The van der Waals surface area contributed by atoms with E-state index in [1.54, 1.807) is 30.3 Å². The topological polar surface area (TPSA) is 59.3 Å². The first-order valence-electron chi connectivity index (χ1n) is 7.48. The molecule has 1 aliphatic rings. The summed E-state index contributed by atoms with van der Waals surface area (Å²) in [5.41, 5.74) is 1.75. The Morgan fingerprint density at radius 1 is 1.28 bits per heavy atom. The van der Waals surface area contributed by atoms with Crippen molar-refractivity contribution in [2.75, 3.05) is 19.5 Å². The Balaban J connectivity index is 1.91. The average Bonchev–Trinajstić information content (AvgIpc) is 2.63. The van der Waals surface area contributed by atoms with Crippen LogP contribution >= 0.6 is 11.8 Å². The van der Waals surface area contributed by atoms with Crippen LogP contribution in [-0.4, -0.2) is 25.3 Å². The van der Waals surface area contributed by atoms with Crippen LogP contribution < -0.4 is 9.47 Å². The minimum atomic E-state index is -0.422. The number of ketones is 1. The second-order valence-corrected chi connectivity index (χ2v) is 6.30. The van der Waals surface area contributed by atoms with Gasteiger partial charge in [0.05, 0.1) is 7.11 Å². The van der Waals surface area contributed by atoms with Crippen LogP contribution in [0.15, 0.2) is 46.9 Å². The molecule has 0 saturated heterocycles. The van der Waals surface area contributed by atoms with Crippen molar-refractivity contribution in [3.8, 4) is 17.6 Å². The van der Waals surface area contributed by atoms with Crippen molar-refractivity contribution < 1.29 is 18.7 Å². The van der Waals surface area contributed by atoms with Gasteiger partial charge >= 0.3 is 0 Å². The summed E-state index contributed by atoms with van der Waals surface area (Å²) in [5, 5.41) is 8.60. The number of hydrogen-bond donors (Lipinski definition) is 0. The Hall–Kier alpha value is -2.78. The summed E-state index contributed by atoms with van der Waals surface area (Å²) < 4.78 is 24.0. The molecule has 0 bridgehead atoms. The molecule has 126 valence electrons. The molecule has 0 spiro atoms. The average molecular weight is 355 g/mol. The van der Waals surface area contributed by atoms with E-state index in [0.29, 0.717) is 28.4 Å². The van der Waals surface area contributed by atoms with Crippen molar-refractivity contribution in [1.82, 2.24) is 0 Å². The van der Waals surface area contributed by atoms with Crippen LogP contribution in [0, 0.1) is 17.1 Å². The number of carbonyl (C=O) groups is 1. The molecule has 1 heterocycles. The van der Waals surface area contributed by atoms with Crippen LogP contribution in [0.3, 0.4) is 0 Å². The minimum absolute atomic E-state index is 0.0751. The number of fused-ring (bicyclic) bond motifs is 1. The summed E-state index contributed by atoms with van der Waals surface area (Å²) in [6.07, 6.45) is 1.76. The largest absolute Gasteiger partial charge is 0.493 e. The Morgan fingerprint density at radius 3 is 2.88 bits per heavy atom. The zero-order valence-corrected chi connectivity index (χ0v) is 14.2. The van der Waals surface area contributed by atoms with Gasteiger partial charge in [0.2, 0.25) is 0 Å². The number of nitrogens with zero attached hydrogens (tertiary/aromatic N) is 1. The monoisotopic (exact) mass is 355 g/mol. The Labute approximate surface area is 148 Å². The van der Waals surface area contributed by atoms with Gasteiger partial charge in [-0.2, -0.15) is 5.26 Å². The molecule has 0 radical (unpaired) electrons. The number of nitriles is 1. The maximum Gasteiger partial charge on any atom is 0.191 e. The smallest absolute Gasteiger partial charge is 0.191 e. The highest BCUT2D eigenvalue weighted by molar-refractivity contribution is 7.99. The van der Waals surface area contributed by atoms with E-state index in [9.17, 15) is 9.18 Å². The van der Waals surface area contributed by atoms with Gasteiger partial charge < -0.3 is 9.47 Å². The molecular formula is C19H14FNO3S. The molecule has 0 saturated carbocycles. The molecule has 0 unspecified atom stereocenters. The van der Waals surface area contributed by atoms with Crippen LogP contribution in [0.25, 0.3) is 6.08 Å². The van der Waals surface area contributed by atoms with E-state index < -0.39 is 5.82 Å². The van der Waals surface area contributed by atoms with Crippen molar-refractivity contribution in [3.05, 3.63) is 58.9 Å². The molecule has 4 nitrogen and oxygen atoms in total. The number of benzene rings is 2. The number of rotatable bonds is 4. The third-order valence-corrected chi connectivity index (χ3v) is 4.80. The van der Waals surface area contributed by atoms with Gasteiger partial charge in [-0.1, -0.05) is 6.07 Å². The third kappa shape index (κ3) is 3.67. The molecule has 0 aliphatic carbocycles. The number of carbonyl (C=O) groups excluding carboxylic acids is 1. The zero-order valence-electron chi connectivity index (χ0n) is 13.4. The fourth-order valence-electron chi connectivity index (χ4n) is 2.51. The SMILES string of the molecule is COc1cc(/C=C2\CSc3ccc(F)cc3C2=O)ccc1OCC#N. The van der Waals surface area contributed by atoms with Crippen LogP contribution in [0.2, 0.25) is 0 Å². The Bertz CT molecular complexity index is 902. The number of hydrogen-bond acceptors (Lipinski definition) is 5. The van der Waals surface area contributed by atoms with E-state index in [1.165, 1.54) is 31.0 Å². The summed E-state index contributed by atoms with van der Waals surface area (Å²) in [4.78, 5) is 13.4. The van der Waals surface area contributed by atoms with Crippen molar-refractivity contribution >= 4 is 23.6 Å². The van der Waals surface area contributed by atoms with Gasteiger partial charge in [-0.05, 0) is 42.0 Å². The second-order valence-electron chi connectivity index (χ2n) is 5.28. The predicted octanol–water partition coefficient (Wildman–Crippen LogP) is 4.11. The van der Waals surface area contributed by atoms with E-state index in [4.69, 9.17) is 14.7 Å². The quantitative estimate of drug-likeness (QED) is 0.773. The standard InChI is InChI=1S/C19H14FNO3S/c1-23-17-9-12(2-4-16(17)24-7-6-21)8-13-11-25-18-5-3-14(20)10-15(18)19(13)22/h2-5,8-10H,7,11H2,1H3/b13-8+. The van der Waals surface area contributed by atoms with Crippen LogP contribution in [-0.2, 0) is 0 Å². The maximum absolute atomic E-state index is 13.4. The Kier molecular flexibility index (Phi) is 5.05. The van der Waals surface area contributed by atoms with Gasteiger partial charge in [0.1, 0.15) is 11.9 Å². The minimum Gasteiger partial charge on any atom is -0.493 e. The third-order valence-electron chi connectivity index (χ3n) is 3.68. The highest BCUT2D eigenvalue weighted by Crippen LogP contribution is 2.35. The first-order chi connectivity index (χ1) is 12.1. The van der Waals surface area contributed by atoms with Gasteiger partial charge in [0, 0.05) is 21.8 Å². The lowest BCUT2D eigenvalue weighted by atomic mass is 10.0. The summed E-state index contributed by atoms with van der Waals surface area (Å²) in [6, 6.07) is 11.4. The lowest BCUT2D eigenvalue weighted by molar-refractivity contribution is 0.103. The van der Waals surface area contributed by atoms with Crippen molar-refractivity contribution in [2.24, 2.45) is 0 Å². The molecule has 2 aromatic carbocycles. The summed E-state index contributed by atoms with van der Waals surface area (Å²) in [6.45, 7) is -0.0751. The lowest BCUT2D eigenvalue weighted by Gasteiger charge is -2.17. The fraction of sp³-hybridized carbons (Fsp3) is 0.158. The number of ether oxygens (including phenoxy) is 2. The molecule has 0 amide bonds. The zero-order chi connectivity index (χ0) is 17.8. The normalized spacial score (nSPS) is 14.8. The van der Waals surface area contributed by atoms with E-state index in [1.807, 2.05) is 6.07 Å². The second kappa shape index (κ2) is 7.41. The molecule has 0 fully saturated rings. The molecule has 2 aromatic rings. The number of thioether (sulfide) groups is 1. The van der Waals surface area contributed by atoms with Gasteiger partial charge in [-0.15, -0.1) is 11.8 Å². The number of halogens is 1. The number of Topliss-reactive ketones (excluding diaryl/α,β-unsaturated/α-hetero) is 1. The summed E-state index contributed by atoms with van der Waals surface area (Å²) >= 11 is 1.50. The first-order valence-corrected chi connectivity index (χ1v) is 8.46. The van der Waals surface area contributed by atoms with Gasteiger partial charge in [-0.3, -0.25) is 4.79 Å². The van der Waals surface area contributed by atoms with E-state index >= 15 is 0 Å².